The molecular weight excluding hydrogens is 350 g/mol. The van der Waals surface area contributed by atoms with Crippen LogP contribution in [0.5, 0.6) is 11.5 Å². The van der Waals surface area contributed by atoms with E-state index in [4.69, 9.17) is 4.74 Å². The van der Waals surface area contributed by atoms with E-state index in [2.05, 4.69) is 22.5 Å². The van der Waals surface area contributed by atoms with E-state index in [0.29, 0.717) is 12.5 Å². The van der Waals surface area contributed by atoms with E-state index in [1.165, 1.54) is 0 Å². The standard InChI is InChI=1S/C20H25N3O2.ClH/c1-16-15-21-12-14-23(16)13-11-20(24)22-17-7-9-19(10-8-17)25-18-5-3-2-4-6-18;/h2-10,16,21H,11-15H2,1H3,(H,22,24);1H/t16-;/m0./s1. The van der Waals surface area contributed by atoms with E-state index >= 15 is 0 Å². The number of nitrogens with zero attached hydrogens (tertiary/aromatic N) is 1. The second kappa shape index (κ2) is 10.2. The van der Waals surface area contributed by atoms with Gasteiger partial charge in [-0.1, -0.05) is 18.2 Å². The summed E-state index contributed by atoms with van der Waals surface area (Å²) >= 11 is 0. The van der Waals surface area contributed by atoms with Crippen molar-refractivity contribution in [2.75, 3.05) is 31.5 Å². The van der Waals surface area contributed by atoms with E-state index in [0.717, 1.165) is 43.4 Å². The molecule has 1 aliphatic heterocycles. The van der Waals surface area contributed by atoms with Gasteiger partial charge in [-0.05, 0) is 43.3 Å². The summed E-state index contributed by atoms with van der Waals surface area (Å²) in [5, 5.41) is 6.31. The van der Waals surface area contributed by atoms with Crippen LogP contribution >= 0.6 is 12.4 Å². The number of halogens is 1. The number of amides is 1. The zero-order chi connectivity index (χ0) is 17.5. The average molecular weight is 376 g/mol. The molecule has 0 bridgehead atoms. The predicted molar refractivity (Wildman–Crippen MR) is 107 cm³/mol. The summed E-state index contributed by atoms with van der Waals surface area (Å²) in [7, 11) is 0. The molecule has 1 fully saturated rings. The minimum absolute atomic E-state index is 0. The number of para-hydroxylation sites is 1. The van der Waals surface area contributed by atoms with Gasteiger partial charge < -0.3 is 15.4 Å². The number of hydrogen-bond donors (Lipinski definition) is 2. The number of nitrogens with one attached hydrogen (secondary N) is 2. The molecule has 3 rings (SSSR count). The molecular formula is C20H26ClN3O2. The van der Waals surface area contributed by atoms with Crippen molar-refractivity contribution in [2.24, 2.45) is 0 Å². The fraction of sp³-hybridized carbons (Fsp3) is 0.350. The van der Waals surface area contributed by atoms with Crippen LogP contribution < -0.4 is 15.4 Å². The Morgan fingerprint density at radius 3 is 2.54 bits per heavy atom. The van der Waals surface area contributed by atoms with Crippen LogP contribution in [0, 0.1) is 0 Å². The van der Waals surface area contributed by atoms with Gasteiger partial charge in [0.15, 0.2) is 0 Å². The highest BCUT2D eigenvalue weighted by Gasteiger charge is 2.18. The Balaban J connectivity index is 0.00000243. The van der Waals surface area contributed by atoms with Gasteiger partial charge in [-0.3, -0.25) is 9.69 Å². The van der Waals surface area contributed by atoms with Crippen LogP contribution in [0.1, 0.15) is 13.3 Å². The monoisotopic (exact) mass is 375 g/mol. The first kappa shape index (κ1) is 20.2. The highest BCUT2D eigenvalue weighted by atomic mass is 35.5. The minimum Gasteiger partial charge on any atom is -0.457 e. The maximum absolute atomic E-state index is 12.2. The van der Waals surface area contributed by atoms with Crippen LogP contribution in [0.25, 0.3) is 0 Å². The average Bonchev–Trinajstić information content (AvgIpc) is 2.64. The Morgan fingerprint density at radius 2 is 1.85 bits per heavy atom. The fourth-order valence-electron chi connectivity index (χ4n) is 2.91. The van der Waals surface area contributed by atoms with E-state index in [9.17, 15) is 4.79 Å². The third-order valence-electron chi connectivity index (χ3n) is 4.38. The maximum Gasteiger partial charge on any atom is 0.225 e. The summed E-state index contributed by atoms with van der Waals surface area (Å²) in [4.78, 5) is 14.5. The highest BCUT2D eigenvalue weighted by Crippen LogP contribution is 2.22. The molecule has 2 aromatic carbocycles. The SMILES string of the molecule is C[C@H]1CNCCN1CCC(=O)Nc1ccc(Oc2ccccc2)cc1.Cl. The number of benzene rings is 2. The van der Waals surface area contributed by atoms with Crippen LogP contribution in [-0.2, 0) is 4.79 Å². The number of hydrogen-bond acceptors (Lipinski definition) is 4. The van der Waals surface area contributed by atoms with E-state index in [1.807, 2.05) is 54.6 Å². The number of piperazine rings is 1. The van der Waals surface area contributed by atoms with Crippen molar-refractivity contribution in [1.29, 1.82) is 0 Å². The van der Waals surface area contributed by atoms with Crippen LogP contribution in [0.15, 0.2) is 54.6 Å². The van der Waals surface area contributed by atoms with E-state index in [-0.39, 0.29) is 18.3 Å². The Bertz CT molecular complexity index is 679. The summed E-state index contributed by atoms with van der Waals surface area (Å²) in [6.07, 6.45) is 0.507. The Labute approximate surface area is 161 Å². The highest BCUT2D eigenvalue weighted by molar-refractivity contribution is 5.90. The molecule has 2 aromatic rings. The van der Waals surface area contributed by atoms with Gasteiger partial charge >= 0.3 is 0 Å². The molecule has 1 heterocycles. The molecule has 0 aromatic heterocycles. The smallest absolute Gasteiger partial charge is 0.225 e. The van der Waals surface area contributed by atoms with Gasteiger partial charge in [0.05, 0.1) is 0 Å². The Hall–Kier alpha value is -2.08. The lowest BCUT2D eigenvalue weighted by molar-refractivity contribution is -0.116. The molecule has 1 amide bonds. The third-order valence-corrected chi connectivity index (χ3v) is 4.38. The van der Waals surface area contributed by atoms with Crippen LogP contribution in [-0.4, -0.2) is 43.0 Å². The van der Waals surface area contributed by atoms with Crippen molar-refractivity contribution in [3.8, 4) is 11.5 Å². The van der Waals surface area contributed by atoms with Gasteiger partial charge in [0, 0.05) is 44.3 Å². The van der Waals surface area contributed by atoms with E-state index < -0.39 is 0 Å². The molecule has 140 valence electrons. The number of carbonyl (C=O) groups is 1. The zero-order valence-corrected chi connectivity index (χ0v) is 15.8. The number of rotatable bonds is 6. The number of ether oxygens (including phenoxy) is 1. The first-order valence-electron chi connectivity index (χ1n) is 8.78. The molecule has 5 nitrogen and oxygen atoms in total. The number of carbonyl (C=O) groups excluding carboxylic acids is 1. The lowest BCUT2D eigenvalue weighted by Gasteiger charge is -2.33. The van der Waals surface area contributed by atoms with Gasteiger partial charge in [0.2, 0.25) is 5.91 Å². The van der Waals surface area contributed by atoms with Crippen LogP contribution in [0.3, 0.4) is 0 Å². The van der Waals surface area contributed by atoms with Gasteiger partial charge in [0.25, 0.3) is 0 Å². The molecule has 0 saturated carbocycles. The van der Waals surface area contributed by atoms with Crippen molar-refractivity contribution in [3.63, 3.8) is 0 Å². The minimum atomic E-state index is 0. The van der Waals surface area contributed by atoms with E-state index in [1.54, 1.807) is 0 Å². The molecule has 2 N–H and O–H groups in total. The summed E-state index contributed by atoms with van der Waals surface area (Å²) in [5.41, 5.74) is 0.791. The molecule has 0 spiro atoms. The molecule has 26 heavy (non-hydrogen) atoms. The Morgan fingerprint density at radius 1 is 1.15 bits per heavy atom. The number of anilines is 1. The van der Waals surface area contributed by atoms with Crippen LogP contribution in [0.2, 0.25) is 0 Å². The predicted octanol–water partition coefficient (Wildman–Crippen LogP) is 3.52. The van der Waals surface area contributed by atoms with Gasteiger partial charge in [-0.15, -0.1) is 12.4 Å². The van der Waals surface area contributed by atoms with Crippen molar-refractivity contribution in [3.05, 3.63) is 54.6 Å². The van der Waals surface area contributed by atoms with Crippen molar-refractivity contribution in [2.45, 2.75) is 19.4 Å². The summed E-state index contributed by atoms with van der Waals surface area (Å²) in [6.45, 7) is 5.97. The second-order valence-corrected chi connectivity index (χ2v) is 6.33. The molecule has 1 atom stereocenters. The molecule has 1 aliphatic rings. The zero-order valence-electron chi connectivity index (χ0n) is 15.0. The summed E-state index contributed by atoms with van der Waals surface area (Å²) in [5.74, 6) is 1.59. The lowest BCUT2D eigenvalue weighted by Crippen LogP contribution is -2.50. The maximum atomic E-state index is 12.2. The Kier molecular flexibility index (Phi) is 7.91. The van der Waals surface area contributed by atoms with Gasteiger partial charge in [0.1, 0.15) is 11.5 Å². The largest absolute Gasteiger partial charge is 0.457 e. The van der Waals surface area contributed by atoms with Crippen LogP contribution in [0.4, 0.5) is 5.69 Å². The van der Waals surface area contributed by atoms with Gasteiger partial charge in [-0.25, -0.2) is 0 Å². The molecule has 6 heteroatoms. The first-order chi connectivity index (χ1) is 12.2. The second-order valence-electron chi connectivity index (χ2n) is 6.33. The normalized spacial score (nSPS) is 17.2. The van der Waals surface area contributed by atoms with Crippen molar-refractivity contribution < 1.29 is 9.53 Å². The first-order valence-corrected chi connectivity index (χ1v) is 8.78. The molecule has 0 unspecified atom stereocenters. The molecule has 0 aliphatic carbocycles. The summed E-state index contributed by atoms with van der Waals surface area (Å²) in [6, 6.07) is 17.6. The molecule has 1 saturated heterocycles. The van der Waals surface area contributed by atoms with Crippen molar-refractivity contribution >= 4 is 24.0 Å². The van der Waals surface area contributed by atoms with Crippen molar-refractivity contribution in [1.82, 2.24) is 10.2 Å². The third kappa shape index (κ3) is 6.02. The lowest BCUT2D eigenvalue weighted by atomic mass is 10.2. The summed E-state index contributed by atoms with van der Waals surface area (Å²) < 4.78 is 5.75. The molecule has 0 radical (unpaired) electrons. The topological polar surface area (TPSA) is 53.6 Å². The quantitative estimate of drug-likeness (QED) is 0.811. The fourth-order valence-corrected chi connectivity index (χ4v) is 2.91. The van der Waals surface area contributed by atoms with Gasteiger partial charge in [-0.2, -0.15) is 0 Å².